The van der Waals surface area contributed by atoms with Crippen LogP contribution in [0.4, 0.5) is 5.69 Å². The Balaban J connectivity index is 1.40. The molecule has 0 unspecified atom stereocenters. The molecule has 1 saturated heterocycles. The molecule has 1 aliphatic rings. The number of para-hydroxylation sites is 1. The molecule has 1 heterocycles. The van der Waals surface area contributed by atoms with Crippen LogP contribution in [0.2, 0.25) is 5.02 Å². The summed E-state index contributed by atoms with van der Waals surface area (Å²) >= 11 is 6.09. The van der Waals surface area contributed by atoms with Crippen LogP contribution in [0.1, 0.15) is 24.8 Å². The van der Waals surface area contributed by atoms with Gasteiger partial charge in [0.15, 0.2) is 0 Å². The van der Waals surface area contributed by atoms with Crippen LogP contribution in [-0.2, 0) is 11.3 Å². The molecule has 138 valence electrons. The molecule has 0 spiro atoms. The molecule has 1 aliphatic heterocycles. The number of likely N-dealkylation sites (tertiary alicyclic amines) is 1. The molecule has 0 bridgehead atoms. The van der Waals surface area contributed by atoms with E-state index in [4.69, 9.17) is 11.6 Å². The number of piperidine rings is 1. The summed E-state index contributed by atoms with van der Waals surface area (Å²) in [4.78, 5) is 14.6. The lowest BCUT2D eigenvalue weighted by Crippen LogP contribution is -2.46. The summed E-state index contributed by atoms with van der Waals surface area (Å²) in [7, 11) is 0. The van der Waals surface area contributed by atoms with Gasteiger partial charge in [-0.25, -0.2) is 0 Å². The van der Waals surface area contributed by atoms with E-state index in [1.165, 1.54) is 18.4 Å². The van der Waals surface area contributed by atoms with E-state index in [2.05, 4.69) is 39.8 Å². The number of halogens is 1. The summed E-state index contributed by atoms with van der Waals surface area (Å²) in [6.07, 6.45) is 2.84. The van der Waals surface area contributed by atoms with Crippen molar-refractivity contribution in [3.8, 4) is 0 Å². The second kappa shape index (κ2) is 9.72. The van der Waals surface area contributed by atoms with Crippen LogP contribution in [0.3, 0.4) is 0 Å². The molecule has 5 heteroatoms. The molecular weight excluding hydrogens is 346 g/mol. The van der Waals surface area contributed by atoms with Crippen LogP contribution >= 0.6 is 11.6 Å². The third-order valence-electron chi connectivity index (χ3n) is 4.75. The summed E-state index contributed by atoms with van der Waals surface area (Å²) in [5.41, 5.74) is 1.99. The van der Waals surface area contributed by atoms with Crippen LogP contribution < -0.4 is 10.6 Å². The maximum Gasteiger partial charge on any atom is 0.225 e. The fourth-order valence-electron chi connectivity index (χ4n) is 3.32. The quantitative estimate of drug-likeness (QED) is 0.775. The van der Waals surface area contributed by atoms with Gasteiger partial charge in [-0.05, 0) is 37.1 Å². The van der Waals surface area contributed by atoms with Gasteiger partial charge in [-0.3, -0.25) is 4.79 Å². The van der Waals surface area contributed by atoms with E-state index >= 15 is 0 Å². The minimum absolute atomic E-state index is 0.0115. The number of benzene rings is 2. The molecule has 4 nitrogen and oxygen atoms in total. The first-order valence-electron chi connectivity index (χ1n) is 9.25. The second-order valence-electron chi connectivity index (χ2n) is 6.78. The Morgan fingerprint density at radius 3 is 2.69 bits per heavy atom. The van der Waals surface area contributed by atoms with E-state index in [9.17, 15) is 4.79 Å². The first kappa shape index (κ1) is 18.9. The predicted octanol–water partition coefficient (Wildman–Crippen LogP) is 3.92. The minimum Gasteiger partial charge on any atom is -0.325 e. The van der Waals surface area contributed by atoms with Crippen molar-refractivity contribution in [2.75, 3.05) is 25.0 Å². The normalized spacial score (nSPS) is 17.8. The van der Waals surface area contributed by atoms with Crippen LogP contribution in [0.5, 0.6) is 0 Å². The number of hydrogen-bond acceptors (Lipinski definition) is 3. The van der Waals surface area contributed by atoms with Gasteiger partial charge in [0.05, 0.1) is 10.7 Å². The molecule has 0 aromatic heterocycles. The van der Waals surface area contributed by atoms with E-state index in [-0.39, 0.29) is 5.91 Å². The number of nitrogens with one attached hydrogen (secondary N) is 2. The minimum atomic E-state index is 0.0115. The summed E-state index contributed by atoms with van der Waals surface area (Å²) in [5.74, 6) is 0.0115. The Morgan fingerprint density at radius 2 is 1.88 bits per heavy atom. The summed E-state index contributed by atoms with van der Waals surface area (Å²) in [6.45, 7) is 3.72. The fourth-order valence-corrected chi connectivity index (χ4v) is 3.50. The van der Waals surface area contributed by atoms with Gasteiger partial charge in [0, 0.05) is 32.1 Å². The van der Waals surface area contributed by atoms with Crippen molar-refractivity contribution in [2.24, 2.45) is 0 Å². The highest BCUT2D eigenvalue weighted by Crippen LogP contribution is 2.20. The third kappa shape index (κ3) is 5.84. The Kier molecular flexibility index (Phi) is 7.06. The zero-order valence-electron chi connectivity index (χ0n) is 15.0. The molecule has 2 aromatic carbocycles. The van der Waals surface area contributed by atoms with E-state index in [0.717, 1.165) is 26.2 Å². The molecule has 3 rings (SSSR count). The molecule has 1 atom stereocenters. The Morgan fingerprint density at radius 1 is 1.12 bits per heavy atom. The standard InChI is InChI=1S/C21H26ClN3O/c22-19-10-4-5-11-20(19)24-21(26)12-14-25-13-6-9-18(16-25)23-15-17-7-2-1-3-8-17/h1-5,7-8,10-11,18,23H,6,9,12-16H2,(H,24,26)/t18-/m1/s1. The number of hydrogen-bond donors (Lipinski definition) is 2. The summed E-state index contributed by atoms with van der Waals surface area (Å²) < 4.78 is 0. The SMILES string of the molecule is O=C(CCN1CCC[C@@H](NCc2ccccc2)C1)Nc1ccccc1Cl. The Bertz CT molecular complexity index is 707. The van der Waals surface area contributed by atoms with Crippen molar-refractivity contribution in [1.29, 1.82) is 0 Å². The van der Waals surface area contributed by atoms with E-state index < -0.39 is 0 Å². The van der Waals surface area contributed by atoms with Crippen molar-refractivity contribution >= 4 is 23.2 Å². The number of carbonyl (C=O) groups excluding carboxylic acids is 1. The maximum absolute atomic E-state index is 12.2. The smallest absolute Gasteiger partial charge is 0.225 e. The topological polar surface area (TPSA) is 44.4 Å². The molecule has 1 fully saturated rings. The zero-order chi connectivity index (χ0) is 18.2. The first-order valence-corrected chi connectivity index (χ1v) is 9.62. The molecular formula is C21H26ClN3O. The van der Waals surface area contributed by atoms with Crippen molar-refractivity contribution in [2.45, 2.75) is 31.8 Å². The van der Waals surface area contributed by atoms with Crippen LogP contribution in [0.25, 0.3) is 0 Å². The Labute approximate surface area is 160 Å². The lowest BCUT2D eigenvalue weighted by atomic mass is 10.0. The highest BCUT2D eigenvalue weighted by atomic mass is 35.5. The second-order valence-corrected chi connectivity index (χ2v) is 7.19. The molecule has 0 radical (unpaired) electrons. The fraction of sp³-hybridized carbons (Fsp3) is 0.381. The van der Waals surface area contributed by atoms with Crippen LogP contribution in [-0.4, -0.2) is 36.5 Å². The Hall–Kier alpha value is -1.88. The molecule has 1 amide bonds. The van der Waals surface area contributed by atoms with Gasteiger partial charge in [-0.2, -0.15) is 0 Å². The molecule has 26 heavy (non-hydrogen) atoms. The monoisotopic (exact) mass is 371 g/mol. The third-order valence-corrected chi connectivity index (χ3v) is 5.08. The van der Waals surface area contributed by atoms with Gasteiger partial charge in [0.25, 0.3) is 0 Å². The van der Waals surface area contributed by atoms with E-state index in [0.29, 0.717) is 23.2 Å². The average Bonchev–Trinajstić information content (AvgIpc) is 2.68. The van der Waals surface area contributed by atoms with Gasteiger partial charge in [0.2, 0.25) is 5.91 Å². The maximum atomic E-state index is 12.2. The van der Waals surface area contributed by atoms with Gasteiger partial charge in [0.1, 0.15) is 0 Å². The summed E-state index contributed by atoms with van der Waals surface area (Å²) in [6, 6.07) is 18.3. The highest BCUT2D eigenvalue weighted by Gasteiger charge is 2.20. The number of anilines is 1. The number of nitrogens with zero attached hydrogens (tertiary/aromatic N) is 1. The zero-order valence-corrected chi connectivity index (χ0v) is 15.7. The van der Waals surface area contributed by atoms with Gasteiger partial charge in [-0.1, -0.05) is 54.1 Å². The van der Waals surface area contributed by atoms with Crippen LogP contribution in [0, 0.1) is 0 Å². The van der Waals surface area contributed by atoms with Gasteiger partial charge < -0.3 is 15.5 Å². The molecule has 2 aromatic rings. The van der Waals surface area contributed by atoms with Crippen molar-refractivity contribution in [3.05, 3.63) is 65.2 Å². The number of rotatable bonds is 7. The highest BCUT2D eigenvalue weighted by molar-refractivity contribution is 6.33. The predicted molar refractivity (Wildman–Crippen MR) is 107 cm³/mol. The van der Waals surface area contributed by atoms with Crippen molar-refractivity contribution in [1.82, 2.24) is 10.2 Å². The molecule has 0 saturated carbocycles. The average molecular weight is 372 g/mol. The van der Waals surface area contributed by atoms with Gasteiger partial charge in [-0.15, -0.1) is 0 Å². The number of carbonyl (C=O) groups is 1. The first-order chi connectivity index (χ1) is 12.7. The van der Waals surface area contributed by atoms with Crippen LogP contribution in [0.15, 0.2) is 54.6 Å². The van der Waals surface area contributed by atoms with Crippen molar-refractivity contribution in [3.63, 3.8) is 0 Å². The summed E-state index contributed by atoms with van der Waals surface area (Å²) in [5, 5.41) is 7.11. The molecule has 0 aliphatic carbocycles. The lowest BCUT2D eigenvalue weighted by Gasteiger charge is -2.33. The largest absolute Gasteiger partial charge is 0.325 e. The lowest BCUT2D eigenvalue weighted by molar-refractivity contribution is -0.116. The number of amides is 1. The van der Waals surface area contributed by atoms with E-state index in [1.54, 1.807) is 6.07 Å². The van der Waals surface area contributed by atoms with E-state index in [1.807, 2.05) is 24.3 Å². The molecule has 2 N–H and O–H groups in total. The van der Waals surface area contributed by atoms with Gasteiger partial charge >= 0.3 is 0 Å². The van der Waals surface area contributed by atoms with Crippen molar-refractivity contribution < 1.29 is 4.79 Å².